The zero-order chi connectivity index (χ0) is 17.1. The highest BCUT2D eigenvalue weighted by Gasteiger charge is 2.17. The van der Waals surface area contributed by atoms with Gasteiger partial charge in [-0.2, -0.15) is 0 Å². The molecule has 0 atom stereocenters. The molecule has 0 aliphatic carbocycles. The van der Waals surface area contributed by atoms with Gasteiger partial charge in [0.15, 0.2) is 0 Å². The van der Waals surface area contributed by atoms with Gasteiger partial charge < -0.3 is 15.7 Å². The highest BCUT2D eigenvalue weighted by molar-refractivity contribution is 7.21. The van der Waals surface area contributed by atoms with Crippen LogP contribution in [-0.2, 0) is 4.79 Å². The molecule has 5 nitrogen and oxygen atoms in total. The van der Waals surface area contributed by atoms with Crippen molar-refractivity contribution in [1.82, 2.24) is 5.32 Å². The molecular weight excluding hydrogens is 348 g/mol. The first-order chi connectivity index (χ1) is 11.6. The van der Waals surface area contributed by atoms with Gasteiger partial charge in [0.2, 0.25) is 5.91 Å². The summed E-state index contributed by atoms with van der Waals surface area (Å²) in [4.78, 5) is 24.5. The topological polar surface area (TPSA) is 78.4 Å². The quantitative estimate of drug-likeness (QED) is 0.622. The van der Waals surface area contributed by atoms with Crippen molar-refractivity contribution in [1.29, 1.82) is 0 Å². The Kier molecular flexibility index (Phi) is 4.69. The third kappa shape index (κ3) is 3.34. The highest BCUT2D eigenvalue weighted by atomic mass is 35.5. The number of thiophene rings is 1. The van der Waals surface area contributed by atoms with E-state index < -0.39 is 11.8 Å². The zero-order valence-electron chi connectivity index (χ0n) is 12.4. The van der Waals surface area contributed by atoms with E-state index in [0.29, 0.717) is 9.90 Å². The van der Waals surface area contributed by atoms with Crippen LogP contribution in [0.1, 0.15) is 9.67 Å². The van der Waals surface area contributed by atoms with Crippen LogP contribution in [0.25, 0.3) is 10.1 Å². The Morgan fingerprint density at radius 1 is 1.08 bits per heavy atom. The Balaban J connectivity index is 1.65. The van der Waals surface area contributed by atoms with E-state index in [2.05, 4.69) is 10.6 Å². The summed E-state index contributed by atoms with van der Waals surface area (Å²) >= 11 is 7.51. The average Bonchev–Trinajstić information content (AvgIpc) is 2.92. The lowest BCUT2D eigenvalue weighted by atomic mass is 10.2. The first kappa shape index (κ1) is 16.3. The van der Waals surface area contributed by atoms with Gasteiger partial charge in [-0.1, -0.05) is 41.9 Å². The Bertz CT molecular complexity index is 923. The summed E-state index contributed by atoms with van der Waals surface area (Å²) in [6, 6.07) is 13.8. The molecule has 2 aromatic carbocycles. The van der Waals surface area contributed by atoms with Crippen molar-refractivity contribution in [3.05, 3.63) is 58.4 Å². The fraction of sp³-hybridized carbons (Fsp3) is 0.0588. The molecule has 0 bridgehead atoms. The number of benzene rings is 2. The standard InChI is InChI=1S/C17H13ClN2O3S/c18-15-10-5-1-4-8-13(10)24-16(15)17(23)19-9-14(22)20-11-6-2-3-7-12(11)21/h1-8,21H,9H2,(H,19,23)(H,20,22). The summed E-state index contributed by atoms with van der Waals surface area (Å²) in [5, 5.41) is 15.9. The van der Waals surface area contributed by atoms with Crippen molar-refractivity contribution in [2.24, 2.45) is 0 Å². The number of nitrogens with one attached hydrogen (secondary N) is 2. The molecule has 122 valence electrons. The van der Waals surface area contributed by atoms with Gasteiger partial charge in [-0.15, -0.1) is 11.3 Å². The van der Waals surface area contributed by atoms with Gasteiger partial charge in [0.25, 0.3) is 5.91 Å². The van der Waals surface area contributed by atoms with Crippen molar-refractivity contribution >= 4 is 50.5 Å². The van der Waals surface area contributed by atoms with E-state index in [1.54, 1.807) is 18.2 Å². The summed E-state index contributed by atoms with van der Waals surface area (Å²) in [6.45, 7) is -0.224. The van der Waals surface area contributed by atoms with E-state index >= 15 is 0 Å². The zero-order valence-corrected chi connectivity index (χ0v) is 13.9. The second-order valence-electron chi connectivity index (χ2n) is 4.99. The van der Waals surface area contributed by atoms with Crippen molar-refractivity contribution in [2.45, 2.75) is 0 Å². The monoisotopic (exact) mass is 360 g/mol. The van der Waals surface area contributed by atoms with Gasteiger partial charge in [-0.3, -0.25) is 9.59 Å². The van der Waals surface area contributed by atoms with E-state index in [-0.39, 0.29) is 18.0 Å². The van der Waals surface area contributed by atoms with Crippen molar-refractivity contribution in [3.8, 4) is 5.75 Å². The summed E-state index contributed by atoms with van der Waals surface area (Å²) in [6.07, 6.45) is 0. The molecule has 3 N–H and O–H groups in total. The van der Waals surface area contributed by atoms with Crippen LogP contribution >= 0.6 is 22.9 Å². The number of fused-ring (bicyclic) bond motifs is 1. The second kappa shape index (κ2) is 6.90. The minimum absolute atomic E-state index is 0.0373. The number of halogens is 1. The number of phenolic OH excluding ortho intramolecular Hbond substituents is 1. The minimum atomic E-state index is -0.443. The maximum atomic E-state index is 12.2. The fourth-order valence-electron chi connectivity index (χ4n) is 2.17. The molecule has 24 heavy (non-hydrogen) atoms. The predicted octanol–water partition coefficient (Wildman–Crippen LogP) is 3.63. The maximum absolute atomic E-state index is 12.2. The van der Waals surface area contributed by atoms with Crippen LogP contribution in [0.3, 0.4) is 0 Å². The predicted molar refractivity (Wildman–Crippen MR) is 95.9 cm³/mol. The number of carbonyl (C=O) groups excluding carboxylic acids is 2. The van der Waals surface area contributed by atoms with E-state index in [9.17, 15) is 14.7 Å². The molecule has 1 aromatic heterocycles. The highest BCUT2D eigenvalue weighted by Crippen LogP contribution is 2.34. The number of amides is 2. The molecule has 0 aliphatic heterocycles. The van der Waals surface area contributed by atoms with Crippen LogP contribution < -0.4 is 10.6 Å². The summed E-state index contributed by atoms with van der Waals surface area (Å²) in [5.74, 6) is -0.888. The van der Waals surface area contributed by atoms with Crippen LogP contribution in [-0.4, -0.2) is 23.5 Å². The first-order valence-electron chi connectivity index (χ1n) is 7.09. The number of para-hydroxylation sites is 2. The van der Waals surface area contributed by atoms with E-state index in [1.807, 2.05) is 24.3 Å². The maximum Gasteiger partial charge on any atom is 0.263 e. The number of carbonyl (C=O) groups is 2. The molecule has 0 radical (unpaired) electrons. The molecule has 3 rings (SSSR count). The molecule has 0 fully saturated rings. The molecule has 0 spiro atoms. The van der Waals surface area contributed by atoms with Crippen molar-refractivity contribution < 1.29 is 14.7 Å². The molecule has 1 heterocycles. The van der Waals surface area contributed by atoms with Gasteiger partial charge >= 0.3 is 0 Å². The molecule has 7 heteroatoms. The third-order valence-electron chi connectivity index (χ3n) is 3.33. The van der Waals surface area contributed by atoms with E-state index in [1.165, 1.54) is 17.4 Å². The van der Waals surface area contributed by atoms with Crippen LogP contribution in [0.15, 0.2) is 48.5 Å². The average molecular weight is 361 g/mol. The number of phenols is 1. The number of hydrogen-bond acceptors (Lipinski definition) is 4. The van der Waals surface area contributed by atoms with Crippen molar-refractivity contribution in [2.75, 3.05) is 11.9 Å². The molecule has 0 aliphatic rings. The molecule has 2 amide bonds. The molecule has 0 saturated heterocycles. The van der Waals surface area contributed by atoms with Crippen molar-refractivity contribution in [3.63, 3.8) is 0 Å². The number of rotatable bonds is 4. The number of anilines is 1. The number of hydrogen-bond donors (Lipinski definition) is 3. The second-order valence-corrected chi connectivity index (χ2v) is 6.42. The fourth-order valence-corrected chi connectivity index (χ4v) is 3.61. The smallest absolute Gasteiger partial charge is 0.263 e. The normalized spacial score (nSPS) is 10.5. The molecule has 0 saturated carbocycles. The van der Waals surface area contributed by atoms with Crippen LogP contribution in [0, 0.1) is 0 Å². The number of aromatic hydroxyl groups is 1. The third-order valence-corrected chi connectivity index (χ3v) is 5.00. The molecule has 0 unspecified atom stereocenters. The Labute approximate surface area is 146 Å². The summed E-state index contributed by atoms with van der Waals surface area (Å²) in [5.41, 5.74) is 0.289. The van der Waals surface area contributed by atoms with E-state index in [0.717, 1.165) is 10.1 Å². The van der Waals surface area contributed by atoms with Gasteiger partial charge in [0.05, 0.1) is 17.3 Å². The van der Waals surface area contributed by atoms with Gasteiger partial charge in [-0.05, 0) is 18.2 Å². The Morgan fingerprint density at radius 2 is 1.79 bits per heavy atom. The minimum Gasteiger partial charge on any atom is -0.506 e. The van der Waals surface area contributed by atoms with Gasteiger partial charge in [0.1, 0.15) is 10.6 Å². The first-order valence-corrected chi connectivity index (χ1v) is 8.29. The van der Waals surface area contributed by atoms with Crippen LogP contribution in [0.2, 0.25) is 5.02 Å². The van der Waals surface area contributed by atoms with Crippen LogP contribution in [0.4, 0.5) is 5.69 Å². The SMILES string of the molecule is O=C(CNC(=O)c1sc2ccccc2c1Cl)Nc1ccccc1O. The lowest BCUT2D eigenvalue weighted by Gasteiger charge is -2.07. The summed E-state index contributed by atoms with van der Waals surface area (Å²) < 4.78 is 0.909. The summed E-state index contributed by atoms with van der Waals surface area (Å²) in [7, 11) is 0. The largest absolute Gasteiger partial charge is 0.506 e. The lowest BCUT2D eigenvalue weighted by Crippen LogP contribution is -2.32. The van der Waals surface area contributed by atoms with Gasteiger partial charge in [0, 0.05) is 10.1 Å². The Hall–Kier alpha value is -2.57. The van der Waals surface area contributed by atoms with Gasteiger partial charge in [-0.25, -0.2) is 0 Å². The molecular formula is C17H13ClN2O3S. The molecule has 3 aromatic rings. The lowest BCUT2D eigenvalue weighted by molar-refractivity contribution is -0.115. The van der Waals surface area contributed by atoms with Crippen LogP contribution in [0.5, 0.6) is 5.75 Å². The Morgan fingerprint density at radius 3 is 2.54 bits per heavy atom. The van der Waals surface area contributed by atoms with E-state index in [4.69, 9.17) is 11.6 Å².